The Balaban J connectivity index is 2.70. The van der Waals surface area contributed by atoms with Crippen LogP contribution in [0.2, 0.25) is 0 Å². The number of unbranched alkanes of at least 4 members (excludes halogenated alkanes) is 1. The summed E-state index contributed by atoms with van der Waals surface area (Å²) in [6, 6.07) is 0. The number of carbonyl (C=O) groups is 1. The van der Waals surface area contributed by atoms with Crippen molar-refractivity contribution in [2.24, 2.45) is 5.92 Å². The van der Waals surface area contributed by atoms with Crippen LogP contribution < -0.4 is 0 Å². The second-order valence-electron chi connectivity index (χ2n) is 5.01. The van der Waals surface area contributed by atoms with Crippen LogP contribution in [0.5, 0.6) is 0 Å². The SMILES string of the molecule is CCCCC(CC)COC(=O)c1csc(S(=O)(=O)Cl)c1C. The van der Waals surface area contributed by atoms with Gasteiger partial charge in [0.25, 0.3) is 9.05 Å². The first-order valence-electron chi connectivity index (χ1n) is 7.01. The molecule has 0 aliphatic rings. The van der Waals surface area contributed by atoms with Crippen molar-refractivity contribution in [1.82, 2.24) is 0 Å². The molecule has 0 spiro atoms. The predicted octanol–water partition coefficient (Wildman–Crippen LogP) is 4.36. The van der Waals surface area contributed by atoms with E-state index in [4.69, 9.17) is 15.4 Å². The fraction of sp³-hybridized carbons (Fsp3) is 0.643. The van der Waals surface area contributed by atoms with Gasteiger partial charge in [0.2, 0.25) is 0 Å². The molecular weight excluding hydrogens is 332 g/mol. The molecule has 4 nitrogen and oxygen atoms in total. The zero-order chi connectivity index (χ0) is 16.0. The van der Waals surface area contributed by atoms with E-state index in [9.17, 15) is 13.2 Å². The maximum Gasteiger partial charge on any atom is 0.339 e. The number of halogens is 1. The summed E-state index contributed by atoms with van der Waals surface area (Å²) in [5.74, 6) is -0.130. The second kappa shape index (κ2) is 8.15. The van der Waals surface area contributed by atoms with Gasteiger partial charge in [-0.15, -0.1) is 11.3 Å². The molecule has 1 aromatic heterocycles. The lowest BCUT2D eigenvalue weighted by molar-refractivity contribution is 0.0428. The third-order valence-corrected chi connectivity index (χ3v) is 6.74. The molecule has 0 aliphatic carbocycles. The quantitative estimate of drug-likeness (QED) is 0.515. The Morgan fingerprint density at radius 3 is 2.57 bits per heavy atom. The van der Waals surface area contributed by atoms with Gasteiger partial charge in [-0.25, -0.2) is 13.2 Å². The molecule has 0 saturated heterocycles. The first-order chi connectivity index (χ1) is 9.81. The van der Waals surface area contributed by atoms with Gasteiger partial charge in [0.05, 0.1) is 12.2 Å². The van der Waals surface area contributed by atoms with Crippen molar-refractivity contribution >= 4 is 37.0 Å². The number of ether oxygens (including phenoxy) is 1. The van der Waals surface area contributed by atoms with Gasteiger partial charge in [-0.1, -0.05) is 33.1 Å². The fourth-order valence-corrected chi connectivity index (χ4v) is 4.55. The number of thiophene rings is 1. The minimum absolute atomic E-state index is 0.00846. The van der Waals surface area contributed by atoms with Crippen LogP contribution in [0.3, 0.4) is 0 Å². The highest BCUT2D eigenvalue weighted by Crippen LogP contribution is 2.29. The monoisotopic (exact) mass is 352 g/mol. The van der Waals surface area contributed by atoms with Crippen molar-refractivity contribution in [3.63, 3.8) is 0 Å². The maximum atomic E-state index is 12.0. The average Bonchev–Trinajstić information content (AvgIpc) is 2.80. The number of carbonyl (C=O) groups excluding carboxylic acids is 1. The van der Waals surface area contributed by atoms with E-state index >= 15 is 0 Å². The van der Waals surface area contributed by atoms with Gasteiger partial charge in [0, 0.05) is 16.1 Å². The molecule has 120 valence electrons. The minimum Gasteiger partial charge on any atom is -0.462 e. The molecule has 1 atom stereocenters. The van der Waals surface area contributed by atoms with E-state index in [1.54, 1.807) is 6.92 Å². The van der Waals surface area contributed by atoms with Gasteiger partial charge < -0.3 is 4.74 Å². The smallest absolute Gasteiger partial charge is 0.339 e. The first kappa shape index (κ1) is 18.5. The molecule has 0 bridgehead atoms. The summed E-state index contributed by atoms with van der Waals surface area (Å²) in [4.78, 5) is 12.0. The minimum atomic E-state index is -3.81. The highest BCUT2D eigenvalue weighted by atomic mass is 35.7. The number of esters is 1. The molecular formula is C14H21ClO4S2. The van der Waals surface area contributed by atoms with Gasteiger partial charge in [-0.2, -0.15) is 0 Å². The van der Waals surface area contributed by atoms with Crippen molar-refractivity contribution in [1.29, 1.82) is 0 Å². The van der Waals surface area contributed by atoms with Crippen molar-refractivity contribution in [3.8, 4) is 0 Å². The van der Waals surface area contributed by atoms with E-state index in [0.29, 0.717) is 18.1 Å². The van der Waals surface area contributed by atoms with Crippen molar-refractivity contribution in [3.05, 3.63) is 16.5 Å². The Morgan fingerprint density at radius 1 is 1.43 bits per heavy atom. The van der Waals surface area contributed by atoms with E-state index in [2.05, 4.69) is 13.8 Å². The summed E-state index contributed by atoms with van der Waals surface area (Å²) in [6.45, 7) is 6.13. The molecule has 0 radical (unpaired) electrons. The van der Waals surface area contributed by atoms with E-state index in [0.717, 1.165) is 37.0 Å². The lowest BCUT2D eigenvalue weighted by atomic mass is 10.0. The summed E-state index contributed by atoms with van der Waals surface area (Å²) in [5, 5.41) is 1.49. The Labute approximate surface area is 134 Å². The summed E-state index contributed by atoms with van der Waals surface area (Å²) in [5.41, 5.74) is 0.645. The zero-order valence-corrected chi connectivity index (χ0v) is 14.9. The average molecular weight is 353 g/mol. The summed E-state index contributed by atoms with van der Waals surface area (Å²) in [6.07, 6.45) is 4.22. The highest BCUT2D eigenvalue weighted by molar-refractivity contribution is 8.15. The number of rotatable bonds is 8. The summed E-state index contributed by atoms with van der Waals surface area (Å²) >= 11 is 0.945. The fourth-order valence-electron chi connectivity index (χ4n) is 2.01. The van der Waals surface area contributed by atoms with Crippen molar-refractivity contribution in [2.45, 2.75) is 50.7 Å². The van der Waals surface area contributed by atoms with Crippen LogP contribution in [-0.4, -0.2) is 21.0 Å². The van der Waals surface area contributed by atoms with E-state index in [1.165, 1.54) is 5.38 Å². The van der Waals surface area contributed by atoms with Crippen LogP contribution in [0.25, 0.3) is 0 Å². The molecule has 0 saturated carbocycles. The van der Waals surface area contributed by atoms with E-state index in [1.807, 2.05) is 0 Å². The van der Waals surface area contributed by atoms with Crippen LogP contribution >= 0.6 is 22.0 Å². The molecule has 1 unspecified atom stereocenters. The highest BCUT2D eigenvalue weighted by Gasteiger charge is 2.23. The van der Waals surface area contributed by atoms with Gasteiger partial charge in [-0.3, -0.25) is 0 Å². The van der Waals surface area contributed by atoms with Crippen LogP contribution in [0.15, 0.2) is 9.59 Å². The van der Waals surface area contributed by atoms with Crippen LogP contribution in [0, 0.1) is 12.8 Å². The molecule has 0 amide bonds. The van der Waals surface area contributed by atoms with Crippen molar-refractivity contribution < 1.29 is 17.9 Å². The Morgan fingerprint density at radius 2 is 2.10 bits per heavy atom. The molecule has 0 N–H and O–H groups in total. The molecule has 0 aliphatic heterocycles. The number of hydrogen-bond donors (Lipinski definition) is 0. The molecule has 21 heavy (non-hydrogen) atoms. The van der Waals surface area contributed by atoms with Gasteiger partial charge in [-0.05, 0) is 24.8 Å². The largest absolute Gasteiger partial charge is 0.462 e. The topological polar surface area (TPSA) is 60.4 Å². The van der Waals surface area contributed by atoms with Crippen LogP contribution in [-0.2, 0) is 13.8 Å². The maximum absolute atomic E-state index is 12.0. The Bertz CT molecular complexity index is 578. The zero-order valence-electron chi connectivity index (χ0n) is 12.5. The third-order valence-electron chi connectivity index (χ3n) is 3.43. The van der Waals surface area contributed by atoms with Crippen LogP contribution in [0.4, 0.5) is 0 Å². The lowest BCUT2D eigenvalue weighted by Gasteiger charge is -2.14. The second-order valence-corrected chi connectivity index (χ2v) is 8.66. The summed E-state index contributed by atoms with van der Waals surface area (Å²) in [7, 11) is 1.51. The molecule has 1 aromatic rings. The third kappa shape index (κ3) is 5.27. The van der Waals surface area contributed by atoms with Crippen molar-refractivity contribution in [2.75, 3.05) is 6.61 Å². The molecule has 0 aromatic carbocycles. The van der Waals surface area contributed by atoms with Gasteiger partial charge in [0.15, 0.2) is 0 Å². The summed E-state index contributed by atoms with van der Waals surface area (Å²) < 4.78 is 28.0. The normalized spacial score (nSPS) is 13.1. The standard InChI is InChI=1S/C14H21ClO4S2/c1-4-6-7-11(5-2)8-19-13(16)12-9-20-14(10(12)3)21(15,17)18/h9,11H,4-8H2,1-3H3. The van der Waals surface area contributed by atoms with Gasteiger partial charge >= 0.3 is 5.97 Å². The van der Waals surface area contributed by atoms with E-state index in [-0.39, 0.29) is 9.77 Å². The molecule has 0 fully saturated rings. The molecule has 7 heteroatoms. The Hall–Kier alpha value is -0.590. The molecule has 1 heterocycles. The number of hydrogen-bond acceptors (Lipinski definition) is 5. The van der Waals surface area contributed by atoms with E-state index < -0.39 is 15.0 Å². The Kier molecular flexibility index (Phi) is 7.16. The van der Waals surface area contributed by atoms with Gasteiger partial charge in [0.1, 0.15) is 4.21 Å². The lowest BCUT2D eigenvalue weighted by Crippen LogP contribution is -2.14. The first-order valence-corrected chi connectivity index (χ1v) is 10.2. The molecule has 1 rings (SSSR count). The van der Waals surface area contributed by atoms with Crippen LogP contribution in [0.1, 0.15) is 55.5 Å². The predicted molar refractivity (Wildman–Crippen MR) is 85.7 cm³/mol.